The molecule has 0 spiro atoms. The predicted molar refractivity (Wildman–Crippen MR) is 215 cm³/mol. The Bertz CT molecular complexity index is 1090. The van der Waals surface area contributed by atoms with E-state index in [0.717, 1.165) is 96.3 Å². The SMILES string of the molecule is CC/C=C\C/C=C\C/C=C\C/C=C\CCCOCC(COP(=O)(O)OCC[N+](C)(C)C)OC(=O)CCCCCCC/C=C\C/C=C\C/C=C\CC. The quantitative estimate of drug-likeness (QED) is 0.0231. The number of nitrogens with zero attached hydrogens (tertiary/aromatic N) is 1. The number of quaternary nitrogens is 1. The molecule has 0 aromatic heterocycles. The molecule has 8 nitrogen and oxygen atoms in total. The summed E-state index contributed by atoms with van der Waals surface area (Å²) in [6.07, 6.45) is 44.8. The number of ether oxygens (including phenoxy) is 2. The van der Waals surface area contributed by atoms with E-state index in [1.165, 1.54) is 0 Å². The summed E-state index contributed by atoms with van der Waals surface area (Å²) in [5.74, 6) is -0.355. The minimum Gasteiger partial charge on any atom is -0.457 e. The largest absolute Gasteiger partial charge is 0.472 e. The van der Waals surface area contributed by atoms with Crippen LogP contribution in [0, 0.1) is 0 Å². The Kier molecular flexibility index (Phi) is 33.2. The third-order valence-corrected chi connectivity index (χ3v) is 8.44. The molecular formula is C42H73NO7P+. The second-order valence-electron chi connectivity index (χ2n) is 13.5. The van der Waals surface area contributed by atoms with Gasteiger partial charge in [0.15, 0.2) is 0 Å². The van der Waals surface area contributed by atoms with Gasteiger partial charge in [0.05, 0.1) is 34.4 Å². The lowest BCUT2D eigenvalue weighted by Crippen LogP contribution is -2.37. The van der Waals surface area contributed by atoms with Crippen LogP contribution in [-0.2, 0) is 27.9 Å². The smallest absolute Gasteiger partial charge is 0.457 e. The van der Waals surface area contributed by atoms with Crippen LogP contribution < -0.4 is 0 Å². The van der Waals surface area contributed by atoms with Crippen molar-refractivity contribution in [2.24, 2.45) is 0 Å². The van der Waals surface area contributed by atoms with E-state index in [1.54, 1.807) is 0 Å². The van der Waals surface area contributed by atoms with Crippen LogP contribution >= 0.6 is 7.82 Å². The zero-order chi connectivity index (χ0) is 37.7. The third-order valence-electron chi connectivity index (χ3n) is 7.45. The van der Waals surface area contributed by atoms with E-state index >= 15 is 0 Å². The van der Waals surface area contributed by atoms with E-state index in [0.29, 0.717) is 24.1 Å². The summed E-state index contributed by atoms with van der Waals surface area (Å²) in [7, 11) is 1.60. The molecule has 0 saturated heterocycles. The standard InChI is InChI=1S/C42H72NO7P/c1-6-8-10-12-14-16-18-20-22-23-25-27-29-31-33-35-42(44)50-41(40-49-51(45,46)48-38-36-43(3,4)5)39-47-37-34-32-30-28-26-24-21-19-17-15-13-11-9-7-2/h8-11,14-17,20-22,24,28,30,41H,6-7,12-13,18-19,23,25-27,29,31-40H2,1-5H3/p+1/b10-8-,11-9-,16-14-,17-15-,22-20-,24-21-,30-28-. The third kappa shape index (κ3) is 38.7. The molecule has 0 aliphatic heterocycles. The van der Waals surface area contributed by atoms with Crippen LogP contribution in [0.15, 0.2) is 85.1 Å². The van der Waals surface area contributed by atoms with Gasteiger partial charge in [0.25, 0.3) is 0 Å². The van der Waals surface area contributed by atoms with E-state index < -0.39 is 13.9 Å². The van der Waals surface area contributed by atoms with Crippen LogP contribution in [0.3, 0.4) is 0 Å². The van der Waals surface area contributed by atoms with E-state index in [1.807, 2.05) is 21.1 Å². The van der Waals surface area contributed by atoms with Crippen LogP contribution in [0.25, 0.3) is 0 Å². The highest BCUT2D eigenvalue weighted by Gasteiger charge is 2.26. The van der Waals surface area contributed by atoms with Crippen molar-refractivity contribution < 1.29 is 37.3 Å². The predicted octanol–water partition coefficient (Wildman–Crippen LogP) is 10.9. The number of phosphoric acid groups is 1. The highest BCUT2D eigenvalue weighted by molar-refractivity contribution is 7.47. The van der Waals surface area contributed by atoms with Gasteiger partial charge in [0, 0.05) is 13.0 Å². The van der Waals surface area contributed by atoms with Crippen molar-refractivity contribution in [2.75, 3.05) is 54.1 Å². The summed E-state index contributed by atoms with van der Waals surface area (Å²) in [6.45, 7) is 5.17. The zero-order valence-corrected chi connectivity index (χ0v) is 33.7. The Morgan fingerprint density at radius 1 is 0.608 bits per heavy atom. The van der Waals surface area contributed by atoms with Crippen molar-refractivity contribution in [3.05, 3.63) is 85.1 Å². The van der Waals surface area contributed by atoms with E-state index in [-0.39, 0.29) is 25.8 Å². The second-order valence-corrected chi connectivity index (χ2v) is 15.0. The molecule has 0 aromatic rings. The van der Waals surface area contributed by atoms with Gasteiger partial charge in [0.2, 0.25) is 0 Å². The summed E-state index contributed by atoms with van der Waals surface area (Å²) in [4.78, 5) is 22.8. The van der Waals surface area contributed by atoms with Crippen LogP contribution in [0.4, 0.5) is 0 Å². The molecule has 0 rings (SSSR count). The molecule has 0 radical (unpaired) electrons. The van der Waals surface area contributed by atoms with Crippen LogP contribution in [0.2, 0.25) is 0 Å². The van der Waals surface area contributed by atoms with Gasteiger partial charge in [-0.1, -0.05) is 118 Å². The molecule has 0 aromatic carbocycles. The molecule has 9 heteroatoms. The maximum Gasteiger partial charge on any atom is 0.472 e. The monoisotopic (exact) mass is 735 g/mol. The molecule has 292 valence electrons. The zero-order valence-electron chi connectivity index (χ0n) is 32.8. The molecule has 0 amide bonds. The number of phosphoric ester groups is 1. The summed E-state index contributed by atoms with van der Waals surface area (Å²) < 4.78 is 34.8. The van der Waals surface area contributed by atoms with Gasteiger partial charge in [-0.05, 0) is 77.0 Å². The van der Waals surface area contributed by atoms with Crippen molar-refractivity contribution >= 4 is 13.8 Å². The van der Waals surface area contributed by atoms with Gasteiger partial charge in [-0.3, -0.25) is 13.8 Å². The summed E-state index contributed by atoms with van der Waals surface area (Å²) in [5.41, 5.74) is 0. The first-order valence-corrected chi connectivity index (χ1v) is 20.8. The first-order chi connectivity index (χ1) is 24.6. The number of carbonyl (C=O) groups is 1. The maximum atomic E-state index is 12.6. The lowest BCUT2D eigenvalue weighted by atomic mass is 10.1. The van der Waals surface area contributed by atoms with Gasteiger partial charge in [-0.15, -0.1) is 0 Å². The normalized spacial score (nSPS) is 14.9. The van der Waals surface area contributed by atoms with Crippen LogP contribution in [0.1, 0.15) is 117 Å². The molecule has 51 heavy (non-hydrogen) atoms. The van der Waals surface area contributed by atoms with Crippen molar-refractivity contribution in [1.29, 1.82) is 0 Å². The lowest BCUT2D eigenvalue weighted by Gasteiger charge is -2.24. The van der Waals surface area contributed by atoms with E-state index in [4.69, 9.17) is 18.5 Å². The number of esters is 1. The molecule has 0 heterocycles. The minimum absolute atomic E-state index is 0.0698. The van der Waals surface area contributed by atoms with E-state index in [2.05, 4.69) is 98.9 Å². The average molecular weight is 735 g/mol. The molecule has 0 saturated carbocycles. The first-order valence-electron chi connectivity index (χ1n) is 19.3. The molecule has 0 aliphatic carbocycles. The van der Waals surface area contributed by atoms with E-state index in [9.17, 15) is 14.3 Å². The second kappa shape index (κ2) is 34.7. The van der Waals surface area contributed by atoms with Crippen LogP contribution in [0.5, 0.6) is 0 Å². The Morgan fingerprint density at radius 2 is 1.08 bits per heavy atom. The lowest BCUT2D eigenvalue weighted by molar-refractivity contribution is -0.870. The number of carbonyl (C=O) groups excluding carboxylic acids is 1. The minimum atomic E-state index is -4.29. The first kappa shape index (κ1) is 48.7. The van der Waals surface area contributed by atoms with Gasteiger partial charge in [-0.25, -0.2) is 4.57 Å². The average Bonchev–Trinajstić information content (AvgIpc) is 3.08. The van der Waals surface area contributed by atoms with Gasteiger partial charge >= 0.3 is 13.8 Å². The number of hydrogen-bond acceptors (Lipinski definition) is 6. The highest BCUT2D eigenvalue weighted by Crippen LogP contribution is 2.43. The summed E-state index contributed by atoms with van der Waals surface area (Å²) in [6, 6.07) is 0. The summed E-state index contributed by atoms with van der Waals surface area (Å²) >= 11 is 0. The number of unbranched alkanes of at least 4 members (excludes halogenated alkanes) is 6. The summed E-state index contributed by atoms with van der Waals surface area (Å²) in [5, 5.41) is 0. The fourth-order valence-corrected chi connectivity index (χ4v) is 5.25. The Hall–Kier alpha value is -2.32. The Labute approximate surface area is 312 Å². The number of likely N-dealkylation sites (N-methyl/N-ethyl adjacent to an activating group) is 1. The molecule has 0 fully saturated rings. The highest BCUT2D eigenvalue weighted by atomic mass is 31.2. The molecule has 0 bridgehead atoms. The fourth-order valence-electron chi connectivity index (χ4n) is 4.51. The number of allylic oxidation sites excluding steroid dienone is 14. The molecular weight excluding hydrogens is 661 g/mol. The Morgan fingerprint density at radius 3 is 1.61 bits per heavy atom. The van der Waals surface area contributed by atoms with Gasteiger partial charge in [-0.2, -0.15) is 0 Å². The van der Waals surface area contributed by atoms with Crippen molar-refractivity contribution in [2.45, 2.75) is 123 Å². The van der Waals surface area contributed by atoms with Crippen molar-refractivity contribution in [3.8, 4) is 0 Å². The fraction of sp³-hybridized carbons (Fsp3) is 0.643. The molecule has 0 aliphatic rings. The number of hydrogen-bond donors (Lipinski definition) is 1. The Balaban J connectivity index is 4.45. The number of rotatable bonds is 34. The molecule has 2 unspecified atom stereocenters. The topological polar surface area (TPSA) is 91.3 Å². The van der Waals surface area contributed by atoms with Crippen LogP contribution in [-0.4, -0.2) is 75.6 Å². The maximum absolute atomic E-state index is 12.6. The molecule has 1 N–H and O–H groups in total. The van der Waals surface area contributed by atoms with Gasteiger partial charge in [0.1, 0.15) is 19.3 Å². The van der Waals surface area contributed by atoms with Crippen molar-refractivity contribution in [1.82, 2.24) is 0 Å². The molecule has 2 atom stereocenters. The van der Waals surface area contributed by atoms with Gasteiger partial charge < -0.3 is 18.9 Å². The van der Waals surface area contributed by atoms with Crippen molar-refractivity contribution in [3.63, 3.8) is 0 Å².